The predicted molar refractivity (Wildman–Crippen MR) is 58.4 cm³/mol. The van der Waals surface area contributed by atoms with E-state index in [0.717, 1.165) is 11.1 Å². The van der Waals surface area contributed by atoms with E-state index in [1.165, 1.54) is 12.1 Å². The van der Waals surface area contributed by atoms with Crippen LogP contribution in [0.25, 0.3) is 11.1 Å². The molecule has 0 aliphatic heterocycles. The fraction of sp³-hybridized carbons (Fsp3) is 0. The van der Waals surface area contributed by atoms with Gasteiger partial charge < -0.3 is 10.2 Å². The van der Waals surface area contributed by atoms with Crippen molar-refractivity contribution in [1.29, 1.82) is 0 Å². The molecule has 0 radical (unpaired) electrons. The monoisotopic (exact) mass is 220 g/mol. The van der Waals surface area contributed by atoms with E-state index in [2.05, 4.69) is 0 Å². The summed E-state index contributed by atoms with van der Waals surface area (Å²) < 4.78 is 0. The van der Waals surface area contributed by atoms with Crippen molar-refractivity contribution in [2.45, 2.75) is 0 Å². The van der Waals surface area contributed by atoms with Gasteiger partial charge in [-0.2, -0.15) is 11.3 Å². The summed E-state index contributed by atoms with van der Waals surface area (Å²) in [4.78, 5) is 10.7. The number of benzene rings is 1. The van der Waals surface area contributed by atoms with E-state index in [9.17, 15) is 9.90 Å². The van der Waals surface area contributed by atoms with Crippen LogP contribution in [-0.4, -0.2) is 16.2 Å². The molecule has 0 atom stereocenters. The number of carboxylic acid groups (broad SMARTS) is 1. The molecule has 3 nitrogen and oxygen atoms in total. The zero-order valence-corrected chi connectivity index (χ0v) is 8.49. The number of aromatic hydroxyl groups is 1. The van der Waals surface area contributed by atoms with Gasteiger partial charge in [0.05, 0.1) is 0 Å². The van der Waals surface area contributed by atoms with Crippen LogP contribution in [0.3, 0.4) is 0 Å². The first-order chi connectivity index (χ1) is 7.18. The van der Waals surface area contributed by atoms with E-state index in [1.54, 1.807) is 17.4 Å². The number of phenols is 1. The van der Waals surface area contributed by atoms with E-state index < -0.39 is 5.97 Å². The van der Waals surface area contributed by atoms with Crippen molar-refractivity contribution in [1.82, 2.24) is 0 Å². The zero-order valence-electron chi connectivity index (χ0n) is 7.68. The summed E-state index contributed by atoms with van der Waals surface area (Å²) in [5, 5.41) is 22.1. The highest BCUT2D eigenvalue weighted by Gasteiger charge is 2.10. The van der Waals surface area contributed by atoms with Crippen LogP contribution in [-0.2, 0) is 0 Å². The zero-order chi connectivity index (χ0) is 10.8. The molecule has 0 spiro atoms. The Labute approximate surface area is 90.2 Å². The maximum atomic E-state index is 10.7. The molecule has 0 bridgehead atoms. The Bertz CT molecular complexity index is 489. The third-order valence-corrected chi connectivity index (χ3v) is 2.77. The molecule has 1 aromatic heterocycles. The fourth-order valence-corrected chi connectivity index (χ4v) is 1.99. The maximum absolute atomic E-state index is 10.7. The lowest BCUT2D eigenvalue weighted by molar-refractivity contribution is 0.0694. The Morgan fingerprint density at radius 1 is 1.20 bits per heavy atom. The van der Waals surface area contributed by atoms with E-state index in [-0.39, 0.29) is 11.3 Å². The number of carboxylic acids is 1. The lowest BCUT2D eigenvalue weighted by atomic mass is 10.1. The maximum Gasteiger partial charge on any atom is 0.339 e. The minimum atomic E-state index is -1.12. The number of hydrogen-bond donors (Lipinski definition) is 2. The van der Waals surface area contributed by atoms with Crippen molar-refractivity contribution < 1.29 is 15.0 Å². The molecule has 1 heterocycles. The Kier molecular flexibility index (Phi) is 2.43. The molecule has 0 aliphatic rings. The van der Waals surface area contributed by atoms with Crippen molar-refractivity contribution in [3.05, 3.63) is 40.6 Å². The summed E-state index contributed by atoms with van der Waals surface area (Å²) in [6, 6.07) is 6.47. The summed E-state index contributed by atoms with van der Waals surface area (Å²) in [6.45, 7) is 0. The summed E-state index contributed by atoms with van der Waals surface area (Å²) in [5.74, 6) is -1.32. The topological polar surface area (TPSA) is 57.5 Å². The first-order valence-electron chi connectivity index (χ1n) is 4.27. The normalized spacial score (nSPS) is 10.1. The molecule has 2 rings (SSSR count). The predicted octanol–water partition coefficient (Wildman–Crippen LogP) is 2.82. The molecule has 0 unspecified atom stereocenters. The minimum Gasteiger partial charge on any atom is -0.507 e. The molecule has 0 amide bonds. The molecule has 1 aromatic carbocycles. The smallest absolute Gasteiger partial charge is 0.339 e. The molecule has 76 valence electrons. The summed E-state index contributed by atoms with van der Waals surface area (Å²) in [6.07, 6.45) is 0. The first kappa shape index (κ1) is 9.73. The number of carbonyl (C=O) groups is 1. The molecule has 0 saturated heterocycles. The summed E-state index contributed by atoms with van der Waals surface area (Å²) in [5.41, 5.74) is 1.72. The second-order valence-electron chi connectivity index (χ2n) is 3.05. The molecule has 4 heteroatoms. The molecular formula is C11H8O3S. The van der Waals surface area contributed by atoms with Gasteiger partial charge in [0.1, 0.15) is 11.3 Å². The standard InChI is InChI=1S/C11H8O3S/c12-10-5-7(8-3-4-15-6-8)1-2-9(10)11(13)14/h1-6,12H,(H,13,14). The van der Waals surface area contributed by atoms with Crippen LogP contribution in [0.1, 0.15) is 10.4 Å². The van der Waals surface area contributed by atoms with Gasteiger partial charge in [-0.1, -0.05) is 6.07 Å². The van der Waals surface area contributed by atoms with E-state index >= 15 is 0 Å². The second-order valence-corrected chi connectivity index (χ2v) is 3.83. The number of aromatic carboxylic acids is 1. The summed E-state index contributed by atoms with van der Waals surface area (Å²) >= 11 is 1.55. The molecule has 2 aromatic rings. The van der Waals surface area contributed by atoms with Crippen LogP contribution in [0, 0.1) is 0 Å². The van der Waals surface area contributed by atoms with E-state index in [0.29, 0.717) is 0 Å². The first-order valence-corrected chi connectivity index (χ1v) is 5.21. The second kappa shape index (κ2) is 3.74. The summed E-state index contributed by atoms with van der Waals surface area (Å²) in [7, 11) is 0. The van der Waals surface area contributed by atoms with Crippen molar-refractivity contribution in [2.24, 2.45) is 0 Å². The van der Waals surface area contributed by atoms with Crippen molar-refractivity contribution in [2.75, 3.05) is 0 Å². The van der Waals surface area contributed by atoms with Gasteiger partial charge >= 0.3 is 5.97 Å². The molecule has 15 heavy (non-hydrogen) atoms. The third kappa shape index (κ3) is 1.85. The highest BCUT2D eigenvalue weighted by atomic mass is 32.1. The van der Waals surface area contributed by atoms with Crippen LogP contribution in [0.2, 0.25) is 0 Å². The number of rotatable bonds is 2. The van der Waals surface area contributed by atoms with Gasteiger partial charge in [-0.15, -0.1) is 0 Å². The van der Waals surface area contributed by atoms with Crippen LogP contribution in [0.5, 0.6) is 5.75 Å². The average molecular weight is 220 g/mol. The Hall–Kier alpha value is -1.81. The SMILES string of the molecule is O=C(O)c1ccc(-c2ccsc2)cc1O. The van der Waals surface area contributed by atoms with Gasteiger partial charge in [0, 0.05) is 0 Å². The highest BCUT2D eigenvalue weighted by Crippen LogP contribution is 2.27. The molecule has 0 aliphatic carbocycles. The van der Waals surface area contributed by atoms with Crippen molar-refractivity contribution in [3.63, 3.8) is 0 Å². The van der Waals surface area contributed by atoms with Crippen LogP contribution >= 0.6 is 11.3 Å². The van der Waals surface area contributed by atoms with Crippen LogP contribution in [0.15, 0.2) is 35.0 Å². The quantitative estimate of drug-likeness (QED) is 0.818. The van der Waals surface area contributed by atoms with Crippen LogP contribution in [0.4, 0.5) is 0 Å². The van der Waals surface area contributed by atoms with Gasteiger partial charge in [-0.05, 0) is 40.1 Å². The third-order valence-electron chi connectivity index (χ3n) is 2.08. The fourth-order valence-electron chi connectivity index (χ4n) is 1.32. The Morgan fingerprint density at radius 2 is 2.00 bits per heavy atom. The lowest BCUT2D eigenvalue weighted by Crippen LogP contribution is -1.96. The van der Waals surface area contributed by atoms with Gasteiger partial charge in [-0.3, -0.25) is 0 Å². The van der Waals surface area contributed by atoms with Gasteiger partial charge in [0.2, 0.25) is 0 Å². The molecular weight excluding hydrogens is 212 g/mol. The number of hydrogen-bond acceptors (Lipinski definition) is 3. The highest BCUT2D eigenvalue weighted by molar-refractivity contribution is 7.08. The Morgan fingerprint density at radius 3 is 2.53 bits per heavy atom. The Balaban J connectivity index is 2.47. The van der Waals surface area contributed by atoms with Crippen molar-refractivity contribution in [3.8, 4) is 16.9 Å². The van der Waals surface area contributed by atoms with Gasteiger partial charge in [-0.25, -0.2) is 4.79 Å². The average Bonchev–Trinajstić information content (AvgIpc) is 2.69. The van der Waals surface area contributed by atoms with Gasteiger partial charge in [0.25, 0.3) is 0 Å². The molecule has 0 fully saturated rings. The van der Waals surface area contributed by atoms with E-state index in [1.807, 2.05) is 16.8 Å². The lowest BCUT2D eigenvalue weighted by Gasteiger charge is -2.02. The van der Waals surface area contributed by atoms with E-state index in [4.69, 9.17) is 5.11 Å². The van der Waals surface area contributed by atoms with Crippen LogP contribution < -0.4 is 0 Å². The molecule has 2 N–H and O–H groups in total. The largest absolute Gasteiger partial charge is 0.507 e. The van der Waals surface area contributed by atoms with Crippen molar-refractivity contribution >= 4 is 17.3 Å². The minimum absolute atomic E-state index is 0.0750. The number of thiophene rings is 1. The van der Waals surface area contributed by atoms with Gasteiger partial charge in [0.15, 0.2) is 0 Å². The molecule has 0 saturated carbocycles.